The van der Waals surface area contributed by atoms with E-state index in [-0.39, 0.29) is 0 Å². The van der Waals surface area contributed by atoms with Crippen molar-refractivity contribution in [2.75, 3.05) is 0 Å². The second-order valence-corrected chi connectivity index (χ2v) is 1.65. The molecule has 0 aromatic rings. The van der Waals surface area contributed by atoms with Gasteiger partial charge in [-0.1, -0.05) is 0 Å². The summed E-state index contributed by atoms with van der Waals surface area (Å²) in [6, 6.07) is 0. The average molecular weight is 172 g/mol. The fraction of sp³-hybridized carbons (Fsp3) is 0.500. The highest BCUT2D eigenvalue weighted by Crippen LogP contribution is 2.26. The van der Waals surface area contributed by atoms with Gasteiger partial charge in [-0.3, -0.25) is 9.59 Å². The number of hydrogen-bond acceptors (Lipinski definition) is 2. The van der Waals surface area contributed by atoms with E-state index >= 15 is 0 Å². The minimum atomic E-state index is -5.24. The first kappa shape index (κ1) is 9.73. The summed E-state index contributed by atoms with van der Waals surface area (Å²) in [7, 11) is 0. The molecule has 0 atom stereocenters. The van der Waals surface area contributed by atoms with Crippen molar-refractivity contribution in [3.63, 3.8) is 0 Å². The number of carboxylic acids is 2. The predicted molar refractivity (Wildman–Crippen MR) is 24.8 cm³/mol. The molecule has 0 aliphatic rings. The molecule has 0 radical (unpaired) electrons. The maximum absolute atomic E-state index is 11.5. The molecule has 4 nitrogen and oxygen atoms in total. The van der Waals surface area contributed by atoms with Gasteiger partial charge in [-0.2, -0.15) is 13.2 Å². The molecule has 0 unspecified atom stereocenters. The highest BCUT2D eigenvalue weighted by atomic mass is 19.4. The molecular formula is C4H3F3O4. The van der Waals surface area contributed by atoms with E-state index in [2.05, 4.69) is 0 Å². The van der Waals surface area contributed by atoms with Crippen LogP contribution in [0.1, 0.15) is 0 Å². The smallest absolute Gasteiger partial charge is 0.412 e. The van der Waals surface area contributed by atoms with Gasteiger partial charge in [0.05, 0.1) is 0 Å². The predicted octanol–water partition coefficient (Wildman–Crippen LogP) is 0.334. The molecule has 0 amide bonds. The standard InChI is InChI=1S/C4H3F3O4/c5-4(6,7)1(2(8)9)3(10)11/h1H,(H,8,9)(H,10,11). The monoisotopic (exact) mass is 172 g/mol. The molecule has 0 aliphatic carbocycles. The Morgan fingerprint density at radius 2 is 1.36 bits per heavy atom. The Balaban J connectivity index is 4.63. The lowest BCUT2D eigenvalue weighted by molar-refractivity contribution is -0.202. The Hall–Kier alpha value is -1.27. The van der Waals surface area contributed by atoms with Crippen LogP contribution in [0.2, 0.25) is 0 Å². The summed E-state index contributed by atoms with van der Waals surface area (Å²) in [6.07, 6.45) is -5.24. The SMILES string of the molecule is O=C(O)C(C(=O)O)C(F)(F)F. The summed E-state index contributed by atoms with van der Waals surface area (Å²) < 4.78 is 34.4. The molecule has 0 saturated heterocycles. The quantitative estimate of drug-likeness (QED) is 0.588. The van der Waals surface area contributed by atoms with Crippen molar-refractivity contribution >= 4 is 11.9 Å². The van der Waals surface area contributed by atoms with Crippen LogP contribution in [0, 0.1) is 5.92 Å². The maximum Gasteiger partial charge on any atom is 0.412 e. The van der Waals surface area contributed by atoms with Crippen molar-refractivity contribution in [3.05, 3.63) is 0 Å². The van der Waals surface area contributed by atoms with E-state index in [9.17, 15) is 22.8 Å². The molecule has 0 fully saturated rings. The van der Waals surface area contributed by atoms with Gasteiger partial charge in [-0.25, -0.2) is 0 Å². The third-order valence-electron chi connectivity index (χ3n) is 0.821. The lowest BCUT2D eigenvalue weighted by atomic mass is 10.1. The minimum Gasteiger partial charge on any atom is -0.480 e. The first-order valence-corrected chi connectivity index (χ1v) is 2.29. The lowest BCUT2D eigenvalue weighted by Gasteiger charge is -2.10. The van der Waals surface area contributed by atoms with Crippen molar-refractivity contribution in [1.82, 2.24) is 0 Å². The van der Waals surface area contributed by atoms with E-state index in [4.69, 9.17) is 10.2 Å². The maximum atomic E-state index is 11.5. The summed E-state index contributed by atoms with van der Waals surface area (Å²) in [5.41, 5.74) is 0. The van der Waals surface area contributed by atoms with Crippen LogP contribution >= 0.6 is 0 Å². The highest BCUT2D eigenvalue weighted by molar-refractivity contribution is 5.93. The van der Waals surface area contributed by atoms with E-state index in [0.717, 1.165) is 0 Å². The summed E-state index contributed by atoms with van der Waals surface area (Å²) in [6.45, 7) is 0. The summed E-state index contributed by atoms with van der Waals surface area (Å²) in [4.78, 5) is 19.4. The van der Waals surface area contributed by atoms with Crippen molar-refractivity contribution in [1.29, 1.82) is 0 Å². The van der Waals surface area contributed by atoms with Gasteiger partial charge in [0.1, 0.15) is 0 Å². The van der Waals surface area contributed by atoms with Gasteiger partial charge >= 0.3 is 18.1 Å². The van der Waals surface area contributed by atoms with Crippen LogP contribution in [0.15, 0.2) is 0 Å². The Kier molecular flexibility index (Phi) is 2.45. The first-order chi connectivity index (χ1) is 4.76. The Morgan fingerprint density at radius 3 is 1.36 bits per heavy atom. The van der Waals surface area contributed by atoms with Crippen molar-refractivity contribution in [3.8, 4) is 0 Å². The minimum absolute atomic E-state index is 2.41. The Morgan fingerprint density at radius 1 is 1.09 bits per heavy atom. The summed E-state index contributed by atoms with van der Waals surface area (Å²) in [5, 5.41) is 15.6. The zero-order valence-corrected chi connectivity index (χ0v) is 4.92. The topological polar surface area (TPSA) is 74.6 Å². The van der Waals surface area contributed by atoms with Gasteiger partial charge in [0, 0.05) is 0 Å². The molecule has 64 valence electrons. The van der Waals surface area contributed by atoms with Crippen LogP contribution in [0.5, 0.6) is 0 Å². The molecule has 0 spiro atoms. The van der Waals surface area contributed by atoms with Gasteiger partial charge in [-0.05, 0) is 0 Å². The van der Waals surface area contributed by atoms with Gasteiger partial charge in [0.15, 0.2) is 0 Å². The molecule has 2 N–H and O–H groups in total. The number of rotatable bonds is 2. The number of alkyl halides is 3. The molecule has 0 saturated carbocycles. The van der Waals surface area contributed by atoms with Crippen molar-refractivity contribution in [2.24, 2.45) is 5.92 Å². The largest absolute Gasteiger partial charge is 0.480 e. The van der Waals surface area contributed by atoms with Crippen LogP contribution in [0.3, 0.4) is 0 Å². The summed E-state index contributed by atoms with van der Waals surface area (Å²) in [5.74, 6) is -8.16. The van der Waals surface area contributed by atoms with Crippen LogP contribution in [0.25, 0.3) is 0 Å². The van der Waals surface area contributed by atoms with Gasteiger partial charge in [-0.15, -0.1) is 0 Å². The number of hydrogen-bond donors (Lipinski definition) is 2. The zero-order chi connectivity index (χ0) is 9.23. The van der Waals surface area contributed by atoms with Crippen LogP contribution in [-0.2, 0) is 9.59 Å². The Bertz CT molecular complexity index is 170. The van der Waals surface area contributed by atoms with Gasteiger partial charge in [0.25, 0.3) is 0 Å². The second kappa shape index (κ2) is 2.77. The second-order valence-electron chi connectivity index (χ2n) is 1.65. The molecule has 7 heteroatoms. The molecule has 0 aromatic heterocycles. The fourth-order valence-electron chi connectivity index (χ4n) is 0.386. The molecule has 11 heavy (non-hydrogen) atoms. The molecule has 0 rings (SSSR count). The third-order valence-corrected chi connectivity index (χ3v) is 0.821. The zero-order valence-electron chi connectivity index (χ0n) is 4.92. The van der Waals surface area contributed by atoms with Crippen LogP contribution < -0.4 is 0 Å². The third kappa shape index (κ3) is 2.44. The molecule has 0 bridgehead atoms. The van der Waals surface area contributed by atoms with Crippen molar-refractivity contribution < 1.29 is 33.0 Å². The molecule has 0 aliphatic heterocycles. The number of halogens is 3. The number of carboxylic acid groups (broad SMARTS) is 2. The molecule has 0 aromatic carbocycles. The summed E-state index contributed by atoms with van der Waals surface area (Å²) >= 11 is 0. The number of aliphatic carboxylic acids is 2. The van der Waals surface area contributed by atoms with E-state index in [1.807, 2.05) is 0 Å². The van der Waals surface area contributed by atoms with Crippen LogP contribution in [0.4, 0.5) is 13.2 Å². The normalized spacial score (nSPS) is 11.6. The van der Waals surface area contributed by atoms with Crippen LogP contribution in [-0.4, -0.2) is 28.3 Å². The van der Waals surface area contributed by atoms with Gasteiger partial charge < -0.3 is 10.2 Å². The van der Waals surface area contributed by atoms with E-state index in [1.165, 1.54) is 0 Å². The van der Waals surface area contributed by atoms with E-state index in [0.29, 0.717) is 0 Å². The average Bonchev–Trinajstić information content (AvgIpc) is 1.54. The highest BCUT2D eigenvalue weighted by Gasteiger charge is 2.50. The fourth-order valence-corrected chi connectivity index (χ4v) is 0.386. The number of carbonyl (C=O) groups is 2. The Labute approximate surface area is 58.2 Å². The lowest BCUT2D eigenvalue weighted by Crippen LogP contribution is -2.37. The molecule has 0 heterocycles. The van der Waals surface area contributed by atoms with Gasteiger partial charge in [0.2, 0.25) is 5.92 Å². The van der Waals surface area contributed by atoms with E-state index in [1.54, 1.807) is 0 Å². The molecular weight excluding hydrogens is 169 g/mol. The van der Waals surface area contributed by atoms with Crippen molar-refractivity contribution in [2.45, 2.75) is 6.18 Å². The first-order valence-electron chi connectivity index (χ1n) is 2.29. The van der Waals surface area contributed by atoms with E-state index < -0.39 is 24.0 Å².